The number of anilines is 2. The Labute approximate surface area is 230 Å². The first-order valence-corrected chi connectivity index (χ1v) is 12.3. The molecule has 0 saturated carbocycles. The van der Waals surface area contributed by atoms with E-state index in [2.05, 4.69) is 26.6 Å². The number of amides is 5. The smallest absolute Gasteiger partial charge is 0.335 e. The summed E-state index contributed by atoms with van der Waals surface area (Å²) in [6.07, 6.45) is 1.27. The molecule has 11 heteroatoms. The standard InChI is InChI=1S/C26H18BrCl2N3O5/c1-14-3-2-4-17(9-14)30-22(33)13-37-23-20(28)11-15(12-21(23)29)10-19-24(34)31-26(36)32(25(19)35)18-7-5-16(27)6-8-18/h2-12H,13H2,1H3,(H,30,33)(H,31,34,36)/b19-10+. The number of halogens is 3. The van der Waals surface area contributed by atoms with Crippen molar-refractivity contribution < 1.29 is 23.9 Å². The third kappa shape index (κ3) is 6.19. The van der Waals surface area contributed by atoms with Crippen molar-refractivity contribution in [1.29, 1.82) is 0 Å². The number of rotatable bonds is 6. The van der Waals surface area contributed by atoms with Gasteiger partial charge in [0, 0.05) is 10.2 Å². The Balaban J connectivity index is 1.52. The first-order valence-electron chi connectivity index (χ1n) is 10.8. The molecule has 2 N–H and O–H groups in total. The molecule has 0 aliphatic carbocycles. The van der Waals surface area contributed by atoms with Crippen molar-refractivity contribution in [3.05, 3.63) is 91.9 Å². The van der Waals surface area contributed by atoms with Crippen LogP contribution < -0.4 is 20.3 Å². The van der Waals surface area contributed by atoms with E-state index in [0.29, 0.717) is 11.3 Å². The zero-order chi connectivity index (χ0) is 26.7. The van der Waals surface area contributed by atoms with Crippen molar-refractivity contribution in [2.45, 2.75) is 6.92 Å². The molecule has 1 fully saturated rings. The fraction of sp³-hybridized carbons (Fsp3) is 0.0769. The van der Waals surface area contributed by atoms with Gasteiger partial charge < -0.3 is 10.1 Å². The summed E-state index contributed by atoms with van der Waals surface area (Å²) in [5, 5.41) is 4.99. The lowest BCUT2D eigenvalue weighted by Crippen LogP contribution is -2.54. The molecule has 0 aromatic heterocycles. The van der Waals surface area contributed by atoms with Crippen LogP contribution in [0.1, 0.15) is 11.1 Å². The van der Waals surface area contributed by atoms with E-state index in [9.17, 15) is 19.2 Å². The van der Waals surface area contributed by atoms with E-state index in [1.165, 1.54) is 18.2 Å². The number of nitrogens with one attached hydrogen (secondary N) is 2. The first kappa shape index (κ1) is 26.4. The van der Waals surface area contributed by atoms with Crippen LogP contribution in [0.5, 0.6) is 5.75 Å². The number of urea groups is 1. The largest absolute Gasteiger partial charge is 0.481 e. The summed E-state index contributed by atoms with van der Waals surface area (Å²) in [4.78, 5) is 51.0. The van der Waals surface area contributed by atoms with E-state index in [1.54, 1.807) is 30.3 Å². The molecule has 3 aromatic rings. The molecule has 3 aromatic carbocycles. The average Bonchev–Trinajstić information content (AvgIpc) is 2.82. The number of hydrogen-bond donors (Lipinski definition) is 2. The van der Waals surface area contributed by atoms with E-state index in [4.69, 9.17) is 27.9 Å². The Bertz CT molecular complexity index is 1430. The van der Waals surface area contributed by atoms with Crippen LogP contribution in [0.3, 0.4) is 0 Å². The van der Waals surface area contributed by atoms with E-state index < -0.39 is 23.8 Å². The summed E-state index contributed by atoms with van der Waals surface area (Å²) in [7, 11) is 0. The predicted octanol–water partition coefficient (Wildman–Crippen LogP) is 5.75. The van der Waals surface area contributed by atoms with Crippen LogP contribution in [0, 0.1) is 6.92 Å². The monoisotopic (exact) mass is 601 g/mol. The maximum Gasteiger partial charge on any atom is 0.335 e. The second-order valence-corrected chi connectivity index (χ2v) is 9.68. The summed E-state index contributed by atoms with van der Waals surface area (Å²) in [6.45, 7) is 1.56. The third-order valence-corrected chi connectivity index (χ3v) is 6.26. The maximum atomic E-state index is 13.1. The summed E-state index contributed by atoms with van der Waals surface area (Å²) in [5.74, 6) is -2.01. The van der Waals surface area contributed by atoms with Crippen LogP contribution in [0.4, 0.5) is 16.2 Å². The topological polar surface area (TPSA) is 105 Å². The molecule has 37 heavy (non-hydrogen) atoms. The molecule has 188 valence electrons. The lowest BCUT2D eigenvalue weighted by Gasteiger charge is -2.26. The van der Waals surface area contributed by atoms with Crippen molar-refractivity contribution >= 4 is 80.3 Å². The van der Waals surface area contributed by atoms with Crippen molar-refractivity contribution in [2.24, 2.45) is 0 Å². The molecular formula is C26H18BrCl2N3O5. The Hall–Kier alpha value is -3.66. The number of benzene rings is 3. The minimum Gasteiger partial charge on any atom is -0.481 e. The summed E-state index contributed by atoms with van der Waals surface area (Å²) in [5.41, 5.74) is 1.92. The molecule has 8 nitrogen and oxygen atoms in total. The Morgan fingerprint density at radius 1 is 1.05 bits per heavy atom. The number of imide groups is 2. The summed E-state index contributed by atoms with van der Waals surface area (Å²) < 4.78 is 6.27. The average molecular weight is 603 g/mol. The molecular weight excluding hydrogens is 585 g/mol. The molecule has 0 spiro atoms. The predicted molar refractivity (Wildman–Crippen MR) is 145 cm³/mol. The second-order valence-electron chi connectivity index (χ2n) is 7.95. The van der Waals surface area contributed by atoms with E-state index in [-0.39, 0.29) is 33.7 Å². The Morgan fingerprint density at radius 3 is 2.38 bits per heavy atom. The minimum absolute atomic E-state index is 0.0622. The summed E-state index contributed by atoms with van der Waals surface area (Å²) >= 11 is 15.9. The fourth-order valence-electron chi connectivity index (χ4n) is 3.51. The van der Waals surface area contributed by atoms with Crippen LogP contribution in [-0.4, -0.2) is 30.4 Å². The molecule has 1 aliphatic rings. The molecule has 1 aliphatic heterocycles. The number of ether oxygens (including phenoxy) is 1. The third-order valence-electron chi connectivity index (χ3n) is 5.17. The van der Waals surface area contributed by atoms with Gasteiger partial charge in [-0.05, 0) is 72.7 Å². The van der Waals surface area contributed by atoms with Gasteiger partial charge >= 0.3 is 6.03 Å². The normalized spacial score (nSPS) is 14.5. The lowest BCUT2D eigenvalue weighted by atomic mass is 10.1. The van der Waals surface area contributed by atoms with Gasteiger partial charge in [0.15, 0.2) is 12.4 Å². The highest BCUT2D eigenvalue weighted by molar-refractivity contribution is 9.10. The molecule has 0 atom stereocenters. The molecule has 0 unspecified atom stereocenters. The SMILES string of the molecule is Cc1cccc(NC(=O)COc2c(Cl)cc(/C=C3\C(=O)NC(=O)N(c4ccc(Br)cc4)C3=O)cc2Cl)c1. The van der Waals surface area contributed by atoms with Crippen LogP contribution in [0.2, 0.25) is 10.0 Å². The summed E-state index contributed by atoms with van der Waals surface area (Å²) in [6, 6.07) is 15.7. The van der Waals surface area contributed by atoms with E-state index >= 15 is 0 Å². The zero-order valence-corrected chi connectivity index (χ0v) is 22.3. The fourth-order valence-corrected chi connectivity index (χ4v) is 4.38. The first-order chi connectivity index (χ1) is 17.6. The number of hydrogen-bond acceptors (Lipinski definition) is 5. The lowest BCUT2D eigenvalue weighted by molar-refractivity contribution is -0.122. The molecule has 1 heterocycles. The molecule has 0 radical (unpaired) electrons. The van der Waals surface area contributed by atoms with Gasteiger partial charge in [-0.25, -0.2) is 9.69 Å². The number of barbiturate groups is 1. The van der Waals surface area contributed by atoms with Crippen molar-refractivity contribution in [3.8, 4) is 5.75 Å². The number of carbonyl (C=O) groups excluding carboxylic acids is 4. The van der Waals surface area contributed by atoms with Crippen molar-refractivity contribution in [2.75, 3.05) is 16.8 Å². The van der Waals surface area contributed by atoms with E-state index in [1.807, 2.05) is 25.1 Å². The van der Waals surface area contributed by atoms with Gasteiger partial charge in [-0.3, -0.25) is 19.7 Å². The van der Waals surface area contributed by atoms with Gasteiger partial charge in [0.1, 0.15) is 5.57 Å². The zero-order valence-electron chi connectivity index (χ0n) is 19.2. The Morgan fingerprint density at radius 2 is 1.73 bits per heavy atom. The quantitative estimate of drug-likeness (QED) is 0.276. The van der Waals surface area contributed by atoms with Gasteiger partial charge in [0.25, 0.3) is 17.7 Å². The van der Waals surface area contributed by atoms with Gasteiger partial charge in [-0.1, -0.05) is 51.3 Å². The molecule has 4 rings (SSSR count). The minimum atomic E-state index is -0.863. The van der Waals surface area contributed by atoms with Gasteiger partial charge in [-0.15, -0.1) is 0 Å². The van der Waals surface area contributed by atoms with Crippen LogP contribution in [-0.2, 0) is 14.4 Å². The number of aryl methyl sites for hydroxylation is 1. The molecule has 5 amide bonds. The van der Waals surface area contributed by atoms with Crippen LogP contribution in [0.25, 0.3) is 6.08 Å². The number of nitrogens with zero attached hydrogens (tertiary/aromatic N) is 1. The highest BCUT2D eigenvalue weighted by Crippen LogP contribution is 2.35. The van der Waals surface area contributed by atoms with Gasteiger partial charge in [0.2, 0.25) is 0 Å². The maximum absolute atomic E-state index is 13.1. The van der Waals surface area contributed by atoms with Gasteiger partial charge in [-0.2, -0.15) is 0 Å². The van der Waals surface area contributed by atoms with E-state index in [0.717, 1.165) is 14.9 Å². The molecule has 1 saturated heterocycles. The van der Waals surface area contributed by atoms with Crippen molar-refractivity contribution in [1.82, 2.24) is 5.32 Å². The van der Waals surface area contributed by atoms with Gasteiger partial charge in [0.05, 0.1) is 15.7 Å². The number of carbonyl (C=O) groups is 4. The van der Waals surface area contributed by atoms with Crippen LogP contribution >= 0.6 is 39.1 Å². The van der Waals surface area contributed by atoms with Crippen molar-refractivity contribution in [3.63, 3.8) is 0 Å². The highest BCUT2D eigenvalue weighted by Gasteiger charge is 2.36. The second kappa shape index (κ2) is 11.2. The highest BCUT2D eigenvalue weighted by atomic mass is 79.9. The Kier molecular flexibility index (Phi) is 7.97. The molecule has 0 bridgehead atoms. The van der Waals surface area contributed by atoms with Crippen LogP contribution in [0.15, 0.2) is 70.7 Å².